The van der Waals surface area contributed by atoms with E-state index in [1.165, 1.54) is 11.1 Å². The Kier molecular flexibility index (Phi) is 6.77. The lowest BCUT2D eigenvalue weighted by atomic mass is 10.0. The first-order valence-electron chi connectivity index (χ1n) is 7.38. The van der Waals surface area contributed by atoms with Gasteiger partial charge in [0.2, 0.25) is 0 Å². The van der Waals surface area contributed by atoms with Crippen molar-refractivity contribution >= 4 is 11.8 Å². The molecule has 0 bridgehead atoms. The van der Waals surface area contributed by atoms with Crippen LogP contribution in [0.25, 0.3) is 0 Å². The van der Waals surface area contributed by atoms with E-state index in [1.54, 1.807) is 18.9 Å². The van der Waals surface area contributed by atoms with E-state index in [9.17, 15) is 5.11 Å². The molecule has 0 radical (unpaired) electrons. The fourth-order valence-corrected chi connectivity index (χ4v) is 2.98. The molecular formula is C18H23NO2S. The second-order valence-electron chi connectivity index (χ2n) is 5.05. The maximum atomic E-state index is 9.28. The molecule has 118 valence electrons. The zero-order valence-corrected chi connectivity index (χ0v) is 13.9. The third-order valence-corrected chi connectivity index (χ3v) is 4.40. The molecule has 0 spiro atoms. The van der Waals surface area contributed by atoms with Gasteiger partial charge in [0.15, 0.2) is 0 Å². The van der Waals surface area contributed by atoms with Gasteiger partial charge in [-0.2, -0.15) is 0 Å². The van der Waals surface area contributed by atoms with Crippen LogP contribution in [0.3, 0.4) is 0 Å². The van der Waals surface area contributed by atoms with Gasteiger partial charge in [0.25, 0.3) is 0 Å². The molecule has 0 aliphatic carbocycles. The van der Waals surface area contributed by atoms with Gasteiger partial charge in [-0.3, -0.25) is 0 Å². The summed E-state index contributed by atoms with van der Waals surface area (Å²) in [5, 5.41) is 12.8. The van der Waals surface area contributed by atoms with Crippen molar-refractivity contribution in [1.29, 1.82) is 0 Å². The van der Waals surface area contributed by atoms with Gasteiger partial charge < -0.3 is 15.2 Å². The lowest BCUT2D eigenvalue weighted by Gasteiger charge is -2.19. The Balaban J connectivity index is 2.06. The van der Waals surface area contributed by atoms with Crippen LogP contribution < -0.4 is 10.1 Å². The van der Waals surface area contributed by atoms with Crippen LogP contribution in [0.5, 0.6) is 5.75 Å². The van der Waals surface area contributed by atoms with Crippen LogP contribution in [0, 0.1) is 0 Å². The van der Waals surface area contributed by atoms with Gasteiger partial charge in [0.05, 0.1) is 7.11 Å². The molecule has 3 nitrogen and oxygen atoms in total. The van der Waals surface area contributed by atoms with Gasteiger partial charge in [-0.1, -0.05) is 36.4 Å². The fourth-order valence-electron chi connectivity index (χ4n) is 2.43. The van der Waals surface area contributed by atoms with Crippen LogP contribution >= 0.6 is 11.8 Å². The predicted molar refractivity (Wildman–Crippen MR) is 92.5 cm³/mol. The molecule has 0 heterocycles. The minimum atomic E-state index is 0.150. The highest BCUT2D eigenvalue weighted by molar-refractivity contribution is 7.98. The van der Waals surface area contributed by atoms with Crippen LogP contribution in [0.1, 0.15) is 23.6 Å². The van der Waals surface area contributed by atoms with Gasteiger partial charge in [-0.05, 0) is 35.9 Å². The first kappa shape index (κ1) is 16.9. The molecule has 2 rings (SSSR count). The molecule has 0 aromatic heterocycles. The molecular weight excluding hydrogens is 294 g/mol. The minimum absolute atomic E-state index is 0.150. The van der Waals surface area contributed by atoms with E-state index in [0.29, 0.717) is 6.42 Å². The van der Waals surface area contributed by atoms with E-state index >= 15 is 0 Å². The Bertz CT molecular complexity index is 575. The Morgan fingerprint density at radius 2 is 1.95 bits per heavy atom. The van der Waals surface area contributed by atoms with Crippen LogP contribution in [0.2, 0.25) is 0 Å². The zero-order valence-electron chi connectivity index (χ0n) is 13.1. The van der Waals surface area contributed by atoms with Crippen LogP contribution in [-0.4, -0.2) is 25.1 Å². The van der Waals surface area contributed by atoms with Crippen LogP contribution in [0.4, 0.5) is 0 Å². The predicted octanol–water partition coefficient (Wildman–Crippen LogP) is 3.63. The highest BCUT2D eigenvalue weighted by Gasteiger charge is 2.11. The summed E-state index contributed by atoms with van der Waals surface area (Å²) in [7, 11) is 1.70. The van der Waals surface area contributed by atoms with Gasteiger partial charge in [-0.15, -0.1) is 11.8 Å². The molecule has 0 aliphatic rings. The summed E-state index contributed by atoms with van der Waals surface area (Å²) in [6, 6.07) is 16.7. The number of hydrogen-bond acceptors (Lipinski definition) is 4. The molecule has 4 heteroatoms. The quantitative estimate of drug-likeness (QED) is 0.730. The lowest BCUT2D eigenvalue weighted by molar-refractivity contribution is 0.265. The van der Waals surface area contributed by atoms with Crippen LogP contribution in [0.15, 0.2) is 53.4 Å². The number of nitrogens with one attached hydrogen (secondary N) is 1. The van der Waals surface area contributed by atoms with Crippen molar-refractivity contribution < 1.29 is 9.84 Å². The molecule has 0 fully saturated rings. The first-order chi connectivity index (χ1) is 10.8. The number of methoxy groups -OCH3 is 1. The average Bonchev–Trinajstić information content (AvgIpc) is 2.59. The summed E-state index contributed by atoms with van der Waals surface area (Å²) in [5.74, 6) is 0.908. The second-order valence-corrected chi connectivity index (χ2v) is 5.89. The standard InChI is InChI=1S/C18H23NO2S/c1-21-17-12-14(8-9-18(17)22-2)13-19-16(10-11-20)15-6-4-3-5-7-15/h3-9,12,16,19-20H,10-11,13H2,1-2H3/t16-/m1/s1. The molecule has 0 saturated carbocycles. The third kappa shape index (κ3) is 4.50. The van der Waals surface area contributed by atoms with Crippen molar-refractivity contribution in [2.24, 2.45) is 0 Å². The molecule has 2 N–H and O–H groups in total. The summed E-state index contributed by atoms with van der Waals surface area (Å²) in [4.78, 5) is 1.14. The fraction of sp³-hybridized carbons (Fsp3) is 0.333. The number of thioether (sulfide) groups is 1. The van der Waals surface area contributed by atoms with Crippen molar-refractivity contribution in [2.45, 2.75) is 23.9 Å². The highest BCUT2D eigenvalue weighted by Crippen LogP contribution is 2.28. The van der Waals surface area contributed by atoms with Crippen molar-refractivity contribution in [3.8, 4) is 5.75 Å². The molecule has 2 aromatic carbocycles. The van der Waals surface area contributed by atoms with Crippen molar-refractivity contribution in [2.75, 3.05) is 20.0 Å². The number of rotatable bonds is 8. The third-order valence-electron chi connectivity index (χ3n) is 3.62. The molecule has 1 atom stereocenters. The maximum Gasteiger partial charge on any atom is 0.132 e. The smallest absolute Gasteiger partial charge is 0.132 e. The molecule has 22 heavy (non-hydrogen) atoms. The topological polar surface area (TPSA) is 41.5 Å². The molecule has 0 amide bonds. The Morgan fingerprint density at radius 3 is 2.59 bits per heavy atom. The Labute approximate surface area is 136 Å². The van der Waals surface area contributed by atoms with Gasteiger partial charge in [-0.25, -0.2) is 0 Å². The molecule has 0 aliphatic heterocycles. The SMILES string of the molecule is COc1cc(CN[C@H](CCO)c2ccccc2)ccc1SC. The largest absolute Gasteiger partial charge is 0.496 e. The van der Waals surface area contributed by atoms with Gasteiger partial charge in [0.1, 0.15) is 5.75 Å². The normalized spacial score (nSPS) is 12.1. The molecule has 0 unspecified atom stereocenters. The monoisotopic (exact) mass is 317 g/mol. The van der Waals surface area contributed by atoms with E-state index in [2.05, 4.69) is 35.6 Å². The number of ether oxygens (including phenoxy) is 1. The summed E-state index contributed by atoms with van der Waals surface area (Å²) in [6.45, 7) is 0.909. The molecule has 0 saturated heterocycles. The van der Waals surface area contributed by atoms with E-state index in [4.69, 9.17) is 4.74 Å². The van der Waals surface area contributed by atoms with Crippen molar-refractivity contribution in [3.05, 3.63) is 59.7 Å². The Morgan fingerprint density at radius 1 is 1.18 bits per heavy atom. The maximum absolute atomic E-state index is 9.28. The van der Waals surface area contributed by atoms with Crippen molar-refractivity contribution in [1.82, 2.24) is 5.32 Å². The van der Waals surface area contributed by atoms with Gasteiger partial charge in [0, 0.05) is 24.1 Å². The zero-order chi connectivity index (χ0) is 15.8. The lowest BCUT2D eigenvalue weighted by Crippen LogP contribution is -2.22. The summed E-state index contributed by atoms with van der Waals surface area (Å²) in [5.41, 5.74) is 2.37. The first-order valence-corrected chi connectivity index (χ1v) is 8.61. The highest BCUT2D eigenvalue weighted by atomic mass is 32.2. The van der Waals surface area contributed by atoms with Gasteiger partial charge >= 0.3 is 0 Å². The average molecular weight is 317 g/mol. The van der Waals surface area contributed by atoms with E-state index in [-0.39, 0.29) is 12.6 Å². The number of aliphatic hydroxyl groups excluding tert-OH is 1. The number of aliphatic hydroxyl groups is 1. The summed E-state index contributed by atoms with van der Waals surface area (Å²) in [6.07, 6.45) is 2.74. The number of benzene rings is 2. The van der Waals surface area contributed by atoms with Crippen LogP contribution in [-0.2, 0) is 6.54 Å². The van der Waals surface area contributed by atoms with E-state index in [1.807, 2.05) is 24.5 Å². The number of hydrogen-bond donors (Lipinski definition) is 2. The van der Waals surface area contributed by atoms with E-state index in [0.717, 1.165) is 17.2 Å². The Hall–Kier alpha value is -1.49. The van der Waals surface area contributed by atoms with E-state index < -0.39 is 0 Å². The molecule has 2 aromatic rings. The minimum Gasteiger partial charge on any atom is -0.496 e. The second kappa shape index (κ2) is 8.83. The summed E-state index contributed by atoms with van der Waals surface area (Å²) < 4.78 is 5.43. The van der Waals surface area contributed by atoms with Crippen molar-refractivity contribution in [3.63, 3.8) is 0 Å². The summed E-state index contributed by atoms with van der Waals surface area (Å²) >= 11 is 1.68.